The molecule has 4 aromatic rings. The topological polar surface area (TPSA) is 60.2 Å². The van der Waals surface area contributed by atoms with Crippen LogP contribution in [0.4, 0.5) is 0 Å². The summed E-state index contributed by atoms with van der Waals surface area (Å²) in [7, 11) is 0. The average Bonchev–Trinajstić information content (AvgIpc) is 3.11. The van der Waals surface area contributed by atoms with Gasteiger partial charge >= 0.3 is 0 Å². The normalized spacial score (nSPS) is 12.1. The molecule has 0 spiro atoms. The molecule has 0 saturated carbocycles. The molecule has 0 aliphatic carbocycles. The first kappa shape index (κ1) is 14.0. The lowest BCUT2D eigenvalue weighted by atomic mass is 10.2. The Bertz CT molecular complexity index is 1090. The molecule has 0 saturated heterocycles. The zero-order valence-corrected chi connectivity index (χ0v) is 13.3. The van der Waals surface area contributed by atoms with Crippen LogP contribution in [0.1, 0.15) is 5.56 Å². The molecule has 5 nitrogen and oxygen atoms in total. The highest BCUT2D eigenvalue weighted by Crippen LogP contribution is 2.15. The van der Waals surface area contributed by atoms with Gasteiger partial charge in [-0.05, 0) is 35.9 Å². The third kappa shape index (κ3) is 2.62. The molecule has 0 fully saturated rings. The molecule has 0 aliphatic heterocycles. The van der Waals surface area contributed by atoms with Crippen molar-refractivity contribution in [1.82, 2.24) is 19.6 Å². The minimum Gasteiger partial charge on any atom is -0.266 e. The second-order valence-corrected chi connectivity index (χ2v) is 6.28. The fourth-order valence-electron chi connectivity index (χ4n) is 2.17. The van der Waals surface area contributed by atoms with Crippen molar-refractivity contribution in [2.24, 2.45) is 0 Å². The van der Waals surface area contributed by atoms with Crippen LogP contribution in [-0.2, 0) is 0 Å². The zero-order chi connectivity index (χ0) is 15.8. The Labute approximate surface area is 139 Å². The monoisotopic (exact) mass is 340 g/mol. The Morgan fingerprint density at radius 1 is 1.09 bits per heavy atom. The van der Waals surface area contributed by atoms with Crippen molar-refractivity contribution in [3.63, 3.8) is 0 Å². The molecule has 112 valence electrons. The van der Waals surface area contributed by atoms with Crippen LogP contribution in [0.5, 0.6) is 0 Å². The molecule has 0 unspecified atom stereocenters. The third-order valence-corrected chi connectivity index (χ3v) is 4.50. The van der Waals surface area contributed by atoms with Crippen molar-refractivity contribution in [2.45, 2.75) is 0 Å². The van der Waals surface area contributed by atoms with E-state index < -0.39 is 0 Å². The maximum Gasteiger partial charge on any atom is 0.291 e. The van der Waals surface area contributed by atoms with Gasteiger partial charge < -0.3 is 0 Å². The highest BCUT2D eigenvalue weighted by Gasteiger charge is 2.11. The number of hydrogen-bond acceptors (Lipinski definition) is 5. The van der Waals surface area contributed by atoms with Crippen LogP contribution < -0.4 is 10.1 Å². The van der Waals surface area contributed by atoms with Gasteiger partial charge in [-0.15, -0.1) is 5.10 Å². The van der Waals surface area contributed by atoms with Gasteiger partial charge in [0.2, 0.25) is 4.96 Å². The maximum atomic E-state index is 12.4. The largest absolute Gasteiger partial charge is 0.291 e. The number of fused-ring (bicyclic) bond motifs is 1. The number of benzene rings is 1. The van der Waals surface area contributed by atoms with Crippen LogP contribution in [0.3, 0.4) is 0 Å². The number of hydrogen-bond donors (Lipinski definition) is 0. The quantitative estimate of drug-likeness (QED) is 0.562. The van der Waals surface area contributed by atoms with Crippen molar-refractivity contribution in [3.8, 4) is 11.4 Å². The standard InChI is InChI=1S/C16H9ClN4OS/c17-12-3-1-10(2-4-12)9-13-15(22)21-16(23-13)19-14(20-21)11-5-7-18-8-6-11/h1-9H. The number of nitrogens with zero attached hydrogens (tertiary/aromatic N) is 4. The lowest BCUT2D eigenvalue weighted by Gasteiger charge is -1.92. The first-order valence-electron chi connectivity index (χ1n) is 6.78. The van der Waals surface area contributed by atoms with Crippen LogP contribution >= 0.6 is 22.9 Å². The Kier molecular flexibility index (Phi) is 3.40. The Balaban J connectivity index is 1.82. The summed E-state index contributed by atoms with van der Waals surface area (Å²) < 4.78 is 1.92. The predicted octanol–water partition coefficient (Wildman–Crippen LogP) is 2.41. The van der Waals surface area contributed by atoms with Crippen molar-refractivity contribution >= 4 is 34.0 Å². The molecule has 0 aliphatic rings. The van der Waals surface area contributed by atoms with E-state index in [9.17, 15) is 4.79 Å². The van der Waals surface area contributed by atoms with Gasteiger partial charge in [-0.25, -0.2) is 0 Å². The highest BCUT2D eigenvalue weighted by molar-refractivity contribution is 7.15. The van der Waals surface area contributed by atoms with Crippen molar-refractivity contribution < 1.29 is 0 Å². The summed E-state index contributed by atoms with van der Waals surface area (Å²) >= 11 is 7.18. The van der Waals surface area contributed by atoms with E-state index in [1.807, 2.05) is 30.3 Å². The van der Waals surface area contributed by atoms with E-state index in [2.05, 4.69) is 15.1 Å². The van der Waals surface area contributed by atoms with Gasteiger partial charge in [-0.1, -0.05) is 35.1 Å². The molecule has 0 radical (unpaired) electrons. The molecule has 4 rings (SSSR count). The van der Waals surface area contributed by atoms with Crippen molar-refractivity contribution in [1.29, 1.82) is 0 Å². The van der Waals surface area contributed by atoms with Crippen LogP contribution in [0.25, 0.3) is 22.4 Å². The van der Waals surface area contributed by atoms with Crippen LogP contribution in [-0.4, -0.2) is 19.6 Å². The summed E-state index contributed by atoms with van der Waals surface area (Å²) in [4.78, 5) is 21.4. The number of aromatic nitrogens is 4. The van der Waals surface area contributed by atoms with Gasteiger partial charge in [0.05, 0.1) is 4.53 Å². The van der Waals surface area contributed by atoms with E-state index in [-0.39, 0.29) is 5.56 Å². The number of rotatable bonds is 2. The van der Waals surface area contributed by atoms with Gasteiger partial charge in [0, 0.05) is 23.0 Å². The number of thiazole rings is 1. The summed E-state index contributed by atoms with van der Waals surface area (Å²) in [6.45, 7) is 0. The molecule has 0 bridgehead atoms. The van der Waals surface area contributed by atoms with E-state index in [1.54, 1.807) is 24.5 Å². The van der Waals surface area contributed by atoms with Crippen LogP contribution in [0.2, 0.25) is 5.02 Å². The van der Waals surface area contributed by atoms with Crippen molar-refractivity contribution in [3.05, 3.63) is 74.3 Å². The second kappa shape index (κ2) is 5.57. The molecule has 0 amide bonds. The number of pyridine rings is 1. The fourth-order valence-corrected chi connectivity index (χ4v) is 3.20. The SMILES string of the molecule is O=c1c(=Cc2ccc(Cl)cc2)sc2nc(-c3ccncc3)nn12. The molecule has 7 heteroatoms. The van der Waals surface area contributed by atoms with E-state index in [1.165, 1.54) is 15.9 Å². The zero-order valence-electron chi connectivity index (χ0n) is 11.7. The third-order valence-electron chi connectivity index (χ3n) is 3.29. The molecular weight excluding hydrogens is 332 g/mol. The maximum absolute atomic E-state index is 12.4. The van der Waals surface area contributed by atoms with Gasteiger partial charge in [-0.2, -0.15) is 9.50 Å². The summed E-state index contributed by atoms with van der Waals surface area (Å²) in [6, 6.07) is 10.9. The van der Waals surface area contributed by atoms with Gasteiger partial charge in [0.15, 0.2) is 5.82 Å². The Morgan fingerprint density at radius 3 is 2.52 bits per heavy atom. The fraction of sp³-hybridized carbons (Fsp3) is 0. The highest BCUT2D eigenvalue weighted by atomic mass is 35.5. The molecule has 0 atom stereocenters. The summed E-state index contributed by atoms with van der Waals surface area (Å²) in [5.41, 5.74) is 1.57. The minimum absolute atomic E-state index is 0.173. The smallest absolute Gasteiger partial charge is 0.266 e. The molecule has 1 aromatic carbocycles. The lowest BCUT2D eigenvalue weighted by Crippen LogP contribution is -2.23. The predicted molar refractivity (Wildman–Crippen MR) is 90.6 cm³/mol. The van der Waals surface area contributed by atoms with E-state index in [4.69, 9.17) is 11.6 Å². The molecule has 23 heavy (non-hydrogen) atoms. The number of halogens is 1. The molecule has 3 heterocycles. The van der Waals surface area contributed by atoms with Gasteiger partial charge in [0.1, 0.15) is 0 Å². The molecule has 3 aromatic heterocycles. The Hall–Kier alpha value is -2.57. The average molecular weight is 341 g/mol. The van der Waals surface area contributed by atoms with E-state index >= 15 is 0 Å². The first-order valence-corrected chi connectivity index (χ1v) is 7.97. The van der Waals surface area contributed by atoms with Gasteiger partial charge in [-0.3, -0.25) is 9.78 Å². The van der Waals surface area contributed by atoms with Crippen LogP contribution in [0, 0.1) is 0 Å². The van der Waals surface area contributed by atoms with E-state index in [0.717, 1.165) is 11.1 Å². The molecular formula is C16H9ClN4OS. The van der Waals surface area contributed by atoms with Gasteiger partial charge in [0.25, 0.3) is 5.56 Å². The second-order valence-electron chi connectivity index (χ2n) is 4.83. The first-order chi connectivity index (χ1) is 11.2. The summed E-state index contributed by atoms with van der Waals surface area (Å²) in [5.74, 6) is 0.522. The van der Waals surface area contributed by atoms with Crippen LogP contribution in [0.15, 0.2) is 53.6 Å². The lowest BCUT2D eigenvalue weighted by molar-refractivity contribution is 0.936. The molecule has 0 N–H and O–H groups in total. The van der Waals surface area contributed by atoms with Crippen molar-refractivity contribution in [2.75, 3.05) is 0 Å². The summed E-state index contributed by atoms with van der Waals surface area (Å²) in [5, 5.41) is 4.95. The minimum atomic E-state index is -0.173. The van der Waals surface area contributed by atoms with E-state index in [0.29, 0.717) is 20.3 Å². The summed E-state index contributed by atoms with van der Waals surface area (Å²) in [6.07, 6.45) is 5.15. The Morgan fingerprint density at radius 2 is 1.83 bits per heavy atom.